The molecule has 0 unspecified atom stereocenters. The fourth-order valence-electron chi connectivity index (χ4n) is 4.16. The molecule has 0 radical (unpaired) electrons. The van der Waals surface area contributed by atoms with Crippen LogP contribution in [-0.2, 0) is 21.4 Å². The van der Waals surface area contributed by atoms with Crippen LogP contribution in [0.25, 0.3) is 0 Å². The molecule has 1 heterocycles. The summed E-state index contributed by atoms with van der Waals surface area (Å²) in [6.45, 7) is 0.468. The summed E-state index contributed by atoms with van der Waals surface area (Å²) in [5.41, 5.74) is 3.05. The Labute approximate surface area is 246 Å². The van der Waals surface area contributed by atoms with Gasteiger partial charge in [0.15, 0.2) is 0 Å². The Morgan fingerprint density at radius 1 is 0.900 bits per heavy atom. The summed E-state index contributed by atoms with van der Waals surface area (Å²) in [6.07, 6.45) is 0. The molecule has 0 aromatic heterocycles. The van der Waals surface area contributed by atoms with E-state index in [9.17, 15) is 18.0 Å². The minimum atomic E-state index is -3.86. The van der Waals surface area contributed by atoms with Crippen LogP contribution in [-0.4, -0.2) is 30.9 Å². The van der Waals surface area contributed by atoms with Crippen molar-refractivity contribution in [1.29, 1.82) is 0 Å². The summed E-state index contributed by atoms with van der Waals surface area (Å²) < 4.78 is 27.9. The smallest absolute Gasteiger partial charge is 0.261 e. The van der Waals surface area contributed by atoms with Crippen molar-refractivity contribution in [2.75, 3.05) is 15.8 Å². The highest BCUT2D eigenvalue weighted by Crippen LogP contribution is 2.39. The molecule has 4 aromatic carbocycles. The second-order valence-corrected chi connectivity index (χ2v) is 12.6. The Morgan fingerprint density at radius 2 is 1.57 bits per heavy atom. The number of sulfonamides is 1. The van der Waals surface area contributed by atoms with E-state index in [1.54, 1.807) is 60.3 Å². The number of halogens is 2. The molecule has 2 amide bonds. The Kier molecular flexibility index (Phi) is 8.37. The van der Waals surface area contributed by atoms with Crippen LogP contribution in [0.1, 0.15) is 26.9 Å². The van der Waals surface area contributed by atoms with Crippen molar-refractivity contribution < 1.29 is 18.0 Å². The van der Waals surface area contributed by atoms with Gasteiger partial charge >= 0.3 is 0 Å². The Hall–Kier alpha value is -3.50. The van der Waals surface area contributed by atoms with E-state index in [1.807, 2.05) is 29.2 Å². The van der Waals surface area contributed by atoms with Crippen LogP contribution < -0.4 is 10.0 Å². The van der Waals surface area contributed by atoms with Crippen LogP contribution in [0.5, 0.6) is 0 Å². The zero-order valence-corrected chi connectivity index (χ0v) is 24.0. The Balaban J connectivity index is 1.23. The second kappa shape index (κ2) is 11.9. The van der Waals surface area contributed by atoms with Crippen molar-refractivity contribution >= 4 is 68.2 Å². The van der Waals surface area contributed by atoms with Gasteiger partial charge in [0.05, 0.1) is 21.4 Å². The number of amides is 2. The van der Waals surface area contributed by atoms with E-state index in [4.69, 9.17) is 23.2 Å². The van der Waals surface area contributed by atoms with E-state index >= 15 is 0 Å². The molecular formula is C29H23Cl2N3O4S2. The fraction of sp³-hybridized carbons (Fsp3) is 0.103. The lowest BCUT2D eigenvalue weighted by molar-refractivity contribution is -0.128. The minimum Gasteiger partial charge on any atom is -0.322 e. The van der Waals surface area contributed by atoms with E-state index < -0.39 is 10.0 Å². The van der Waals surface area contributed by atoms with Gasteiger partial charge in [-0.15, -0.1) is 11.8 Å². The fourth-order valence-corrected chi connectivity index (χ4v) is 6.79. The molecule has 1 saturated heterocycles. The van der Waals surface area contributed by atoms with Crippen LogP contribution in [0, 0.1) is 0 Å². The number of para-hydroxylation sites is 1. The first kappa shape index (κ1) is 28.0. The third-order valence-corrected chi connectivity index (χ3v) is 9.45. The molecule has 0 aliphatic carbocycles. The largest absolute Gasteiger partial charge is 0.322 e. The van der Waals surface area contributed by atoms with Gasteiger partial charge in [0.2, 0.25) is 5.91 Å². The van der Waals surface area contributed by atoms with E-state index in [1.165, 1.54) is 24.3 Å². The van der Waals surface area contributed by atoms with Crippen LogP contribution in [0.4, 0.5) is 11.4 Å². The lowest BCUT2D eigenvalue weighted by Crippen LogP contribution is -2.27. The zero-order valence-electron chi connectivity index (χ0n) is 20.9. The maximum atomic E-state index is 12.9. The van der Waals surface area contributed by atoms with Crippen molar-refractivity contribution in [3.05, 3.63) is 124 Å². The monoisotopic (exact) mass is 611 g/mol. The molecule has 0 bridgehead atoms. The number of thioether (sulfide) groups is 1. The van der Waals surface area contributed by atoms with E-state index in [2.05, 4.69) is 10.0 Å². The molecule has 1 aliphatic heterocycles. The van der Waals surface area contributed by atoms with Crippen molar-refractivity contribution in [1.82, 2.24) is 4.90 Å². The predicted octanol–water partition coefficient (Wildman–Crippen LogP) is 6.82. The highest BCUT2D eigenvalue weighted by molar-refractivity contribution is 8.00. The normalized spacial score (nSPS) is 15.2. The summed E-state index contributed by atoms with van der Waals surface area (Å²) in [5.74, 6) is 0.101. The van der Waals surface area contributed by atoms with Crippen molar-refractivity contribution in [3.8, 4) is 0 Å². The third-order valence-electron chi connectivity index (χ3n) is 6.23. The van der Waals surface area contributed by atoms with Crippen molar-refractivity contribution in [2.45, 2.75) is 16.8 Å². The number of nitrogens with one attached hydrogen (secondary N) is 2. The highest BCUT2D eigenvalue weighted by Gasteiger charge is 2.32. The van der Waals surface area contributed by atoms with Crippen LogP contribution in [0.15, 0.2) is 102 Å². The molecule has 5 rings (SSSR count). The van der Waals surface area contributed by atoms with Gasteiger partial charge < -0.3 is 10.2 Å². The molecule has 40 heavy (non-hydrogen) atoms. The van der Waals surface area contributed by atoms with Gasteiger partial charge in [0.25, 0.3) is 15.9 Å². The van der Waals surface area contributed by atoms with Crippen LogP contribution in [0.2, 0.25) is 10.0 Å². The Bertz CT molecular complexity index is 1650. The molecule has 2 N–H and O–H groups in total. The average Bonchev–Trinajstić information content (AvgIpc) is 3.31. The highest BCUT2D eigenvalue weighted by atomic mass is 35.5. The minimum absolute atomic E-state index is 0.0292. The zero-order chi connectivity index (χ0) is 28.3. The van der Waals surface area contributed by atoms with E-state index in [0.717, 1.165) is 11.1 Å². The van der Waals surface area contributed by atoms with Crippen LogP contribution >= 0.6 is 35.0 Å². The number of hydrogen-bond acceptors (Lipinski definition) is 5. The number of nitrogens with zero attached hydrogens (tertiary/aromatic N) is 1. The first-order valence-corrected chi connectivity index (χ1v) is 15.4. The molecule has 1 fully saturated rings. The number of carbonyl (C=O) groups is 2. The maximum Gasteiger partial charge on any atom is 0.261 e. The summed E-state index contributed by atoms with van der Waals surface area (Å²) in [4.78, 5) is 27.3. The van der Waals surface area contributed by atoms with Gasteiger partial charge in [-0.25, -0.2) is 8.42 Å². The topological polar surface area (TPSA) is 95.6 Å². The van der Waals surface area contributed by atoms with Gasteiger partial charge in [0, 0.05) is 22.8 Å². The number of carbonyl (C=O) groups excluding carboxylic acids is 2. The molecule has 204 valence electrons. The summed E-state index contributed by atoms with van der Waals surface area (Å²) in [7, 11) is -3.86. The summed E-state index contributed by atoms with van der Waals surface area (Å²) in [5, 5.41) is 3.55. The molecular weight excluding hydrogens is 589 g/mol. The molecule has 7 nitrogen and oxygen atoms in total. The standard InChI is InChI=1S/C29H23Cl2N3O4S2/c30-22-11-5-19(6-12-22)17-34-27(35)18-39-29(34)21-9-7-20(8-10-21)28(36)32-23-13-15-24(16-14-23)40(37,38)33-26-4-2-1-3-25(26)31/h1-16,29,33H,17-18H2,(H,32,36)/t29-/m0/s1. The average molecular weight is 613 g/mol. The van der Waals surface area contributed by atoms with E-state index in [0.29, 0.717) is 28.6 Å². The van der Waals surface area contributed by atoms with Gasteiger partial charge in [-0.2, -0.15) is 0 Å². The molecule has 0 saturated carbocycles. The maximum absolute atomic E-state index is 12.9. The van der Waals surface area contributed by atoms with Crippen LogP contribution in [0.3, 0.4) is 0 Å². The van der Waals surface area contributed by atoms with Crippen molar-refractivity contribution in [3.63, 3.8) is 0 Å². The number of rotatable bonds is 8. The summed E-state index contributed by atoms with van der Waals surface area (Å²) >= 11 is 13.6. The number of hydrogen-bond donors (Lipinski definition) is 2. The van der Waals surface area contributed by atoms with Gasteiger partial charge in [0.1, 0.15) is 5.37 Å². The first-order chi connectivity index (χ1) is 19.2. The van der Waals surface area contributed by atoms with Crippen molar-refractivity contribution in [2.24, 2.45) is 0 Å². The van der Waals surface area contributed by atoms with Gasteiger partial charge in [-0.05, 0) is 71.8 Å². The lowest BCUT2D eigenvalue weighted by Gasteiger charge is -2.24. The lowest BCUT2D eigenvalue weighted by atomic mass is 10.1. The van der Waals surface area contributed by atoms with Gasteiger partial charge in [-0.1, -0.05) is 59.6 Å². The number of anilines is 2. The molecule has 1 atom stereocenters. The SMILES string of the molecule is O=C(Nc1ccc(S(=O)(=O)Nc2ccccc2Cl)cc1)c1ccc([C@@H]2SCC(=O)N2Cc2ccc(Cl)cc2)cc1. The Morgan fingerprint density at radius 3 is 2.25 bits per heavy atom. The van der Waals surface area contributed by atoms with E-state index in [-0.39, 0.29) is 32.8 Å². The van der Waals surface area contributed by atoms with Gasteiger partial charge in [-0.3, -0.25) is 14.3 Å². The second-order valence-electron chi connectivity index (χ2n) is 9.00. The first-order valence-electron chi connectivity index (χ1n) is 12.1. The molecule has 11 heteroatoms. The quantitative estimate of drug-likeness (QED) is 0.228. The summed E-state index contributed by atoms with van der Waals surface area (Å²) in [6, 6.07) is 26.9. The molecule has 4 aromatic rings. The molecule has 1 aliphatic rings. The predicted molar refractivity (Wildman–Crippen MR) is 160 cm³/mol. The third kappa shape index (κ3) is 6.45. The number of benzene rings is 4. The molecule has 0 spiro atoms.